The van der Waals surface area contributed by atoms with Crippen LogP contribution in [0.5, 0.6) is 0 Å². The van der Waals surface area contributed by atoms with Crippen molar-refractivity contribution in [2.45, 2.75) is 44.3 Å². The van der Waals surface area contributed by atoms with Gasteiger partial charge >= 0.3 is 0 Å². The highest BCUT2D eigenvalue weighted by Crippen LogP contribution is 2.19. The molecule has 0 radical (unpaired) electrons. The first kappa shape index (κ1) is 22.2. The smallest absolute Gasteiger partial charge is 0.227 e. The lowest BCUT2D eigenvalue weighted by Gasteiger charge is -2.14. The first-order valence-corrected chi connectivity index (χ1v) is 9.50. The number of nitrogen functional groups attached to an aromatic ring is 2. The molecule has 8 N–H and O–H groups in total. The van der Waals surface area contributed by atoms with Gasteiger partial charge in [-0.15, -0.1) is 0 Å². The molecule has 0 heterocycles. The highest BCUT2D eigenvalue weighted by atomic mass is 16.3. The Labute approximate surface area is 169 Å². The van der Waals surface area contributed by atoms with Crippen molar-refractivity contribution in [3.63, 3.8) is 0 Å². The Kier molecular flexibility index (Phi) is 8.45. The lowest BCUT2D eigenvalue weighted by Crippen LogP contribution is -2.22. The molecule has 8 heteroatoms. The van der Waals surface area contributed by atoms with Crippen molar-refractivity contribution >= 4 is 34.6 Å². The van der Waals surface area contributed by atoms with E-state index in [0.29, 0.717) is 42.0 Å². The average Bonchev–Trinajstić information content (AvgIpc) is 2.65. The number of amides is 2. The number of nitrogens with two attached hydrogens (primary N) is 2. The van der Waals surface area contributed by atoms with Crippen molar-refractivity contribution < 1.29 is 19.8 Å². The molecule has 0 aliphatic carbocycles. The summed E-state index contributed by atoms with van der Waals surface area (Å²) in [7, 11) is 0. The SMILES string of the molecule is Nc1ccccc1NC(=O)CC(O)CCCC(O)CC(=O)Nc1ccccc1N. The van der Waals surface area contributed by atoms with Crippen LogP contribution in [0, 0.1) is 0 Å². The van der Waals surface area contributed by atoms with Crippen LogP contribution in [0.15, 0.2) is 48.5 Å². The molecule has 2 rings (SSSR count). The van der Waals surface area contributed by atoms with Gasteiger partial charge in [-0.2, -0.15) is 0 Å². The number of benzene rings is 2. The third-order valence-electron chi connectivity index (χ3n) is 4.39. The molecule has 2 aromatic rings. The summed E-state index contributed by atoms with van der Waals surface area (Å²) in [6.45, 7) is 0. The Balaban J connectivity index is 1.65. The summed E-state index contributed by atoms with van der Waals surface area (Å²) in [6, 6.07) is 13.8. The predicted octanol–water partition coefficient (Wildman–Crippen LogP) is 2.10. The molecule has 0 saturated heterocycles. The minimum atomic E-state index is -0.843. The number of hydrogen-bond acceptors (Lipinski definition) is 6. The maximum absolute atomic E-state index is 12.0. The summed E-state index contributed by atoms with van der Waals surface area (Å²) in [6.07, 6.45) is -0.681. The largest absolute Gasteiger partial charge is 0.397 e. The van der Waals surface area contributed by atoms with E-state index < -0.39 is 12.2 Å². The van der Waals surface area contributed by atoms with Crippen LogP contribution in [-0.4, -0.2) is 34.2 Å². The topological polar surface area (TPSA) is 151 Å². The first-order valence-electron chi connectivity index (χ1n) is 9.50. The second-order valence-corrected chi connectivity index (χ2v) is 6.92. The highest BCUT2D eigenvalue weighted by molar-refractivity contribution is 5.94. The van der Waals surface area contributed by atoms with Gasteiger partial charge in [0.1, 0.15) is 0 Å². The fourth-order valence-corrected chi connectivity index (χ4v) is 2.85. The second kappa shape index (κ2) is 11.0. The number of rotatable bonds is 10. The van der Waals surface area contributed by atoms with E-state index in [-0.39, 0.29) is 24.7 Å². The lowest BCUT2D eigenvalue weighted by atomic mass is 10.0. The molecule has 2 amide bonds. The van der Waals surface area contributed by atoms with Crippen LogP contribution >= 0.6 is 0 Å². The van der Waals surface area contributed by atoms with Crippen LogP contribution in [0.25, 0.3) is 0 Å². The Morgan fingerprint density at radius 2 is 1.14 bits per heavy atom. The molecule has 0 spiro atoms. The summed E-state index contributed by atoms with van der Waals surface area (Å²) in [5.74, 6) is -0.674. The van der Waals surface area contributed by atoms with Crippen LogP contribution in [0.3, 0.4) is 0 Å². The first-order chi connectivity index (χ1) is 13.8. The second-order valence-electron chi connectivity index (χ2n) is 6.92. The fourth-order valence-electron chi connectivity index (χ4n) is 2.85. The van der Waals surface area contributed by atoms with E-state index >= 15 is 0 Å². The summed E-state index contributed by atoms with van der Waals surface area (Å²) in [4.78, 5) is 24.0. The Morgan fingerprint density at radius 3 is 1.52 bits per heavy atom. The van der Waals surface area contributed by atoms with Crippen LogP contribution in [0.2, 0.25) is 0 Å². The minimum Gasteiger partial charge on any atom is -0.397 e. The molecule has 0 aromatic heterocycles. The summed E-state index contributed by atoms with van der Waals surface area (Å²) in [5.41, 5.74) is 13.4. The molecule has 0 fully saturated rings. The Hall–Kier alpha value is -3.10. The quantitative estimate of drug-likeness (QED) is 0.336. The van der Waals surface area contributed by atoms with E-state index in [1.807, 2.05) is 0 Å². The fraction of sp³-hybridized carbons (Fsp3) is 0.333. The number of aliphatic hydroxyl groups excluding tert-OH is 2. The van der Waals surface area contributed by atoms with Gasteiger partial charge in [-0.05, 0) is 43.5 Å². The number of hydrogen-bond donors (Lipinski definition) is 6. The van der Waals surface area contributed by atoms with E-state index in [9.17, 15) is 19.8 Å². The zero-order chi connectivity index (χ0) is 21.2. The van der Waals surface area contributed by atoms with Gasteiger partial charge in [-0.25, -0.2) is 0 Å². The van der Waals surface area contributed by atoms with Gasteiger partial charge in [0, 0.05) is 0 Å². The third-order valence-corrected chi connectivity index (χ3v) is 4.39. The molecular formula is C21H28N4O4. The van der Waals surface area contributed by atoms with Crippen molar-refractivity contribution in [1.29, 1.82) is 0 Å². The number of carbonyl (C=O) groups excluding carboxylic acids is 2. The monoisotopic (exact) mass is 400 g/mol. The molecule has 0 bridgehead atoms. The van der Waals surface area contributed by atoms with Crippen molar-refractivity contribution in [2.24, 2.45) is 0 Å². The van der Waals surface area contributed by atoms with Gasteiger partial charge in [0.05, 0.1) is 47.8 Å². The number of para-hydroxylation sites is 4. The van der Waals surface area contributed by atoms with Crippen LogP contribution in [-0.2, 0) is 9.59 Å². The van der Waals surface area contributed by atoms with Crippen molar-refractivity contribution in [3.05, 3.63) is 48.5 Å². The zero-order valence-corrected chi connectivity index (χ0v) is 16.2. The Morgan fingerprint density at radius 1 is 0.759 bits per heavy atom. The number of aliphatic hydroxyl groups is 2. The maximum atomic E-state index is 12.0. The van der Waals surface area contributed by atoms with E-state index in [1.165, 1.54) is 0 Å². The summed E-state index contributed by atoms with van der Waals surface area (Å²) in [5, 5.41) is 25.4. The molecule has 29 heavy (non-hydrogen) atoms. The van der Waals surface area contributed by atoms with E-state index in [2.05, 4.69) is 10.6 Å². The average molecular weight is 400 g/mol. The van der Waals surface area contributed by atoms with Gasteiger partial charge in [0.2, 0.25) is 11.8 Å². The molecule has 2 unspecified atom stereocenters. The molecule has 156 valence electrons. The van der Waals surface area contributed by atoms with Gasteiger partial charge in [-0.1, -0.05) is 24.3 Å². The minimum absolute atomic E-state index is 0.0712. The van der Waals surface area contributed by atoms with Crippen LogP contribution < -0.4 is 22.1 Å². The summed E-state index contributed by atoms with van der Waals surface area (Å²) >= 11 is 0. The van der Waals surface area contributed by atoms with E-state index in [0.717, 1.165) is 0 Å². The van der Waals surface area contributed by atoms with Gasteiger partial charge in [0.25, 0.3) is 0 Å². The van der Waals surface area contributed by atoms with E-state index in [4.69, 9.17) is 11.5 Å². The highest BCUT2D eigenvalue weighted by Gasteiger charge is 2.15. The maximum Gasteiger partial charge on any atom is 0.227 e. The summed E-state index contributed by atoms with van der Waals surface area (Å²) < 4.78 is 0. The Bertz CT molecular complexity index is 760. The van der Waals surface area contributed by atoms with Crippen molar-refractivity contribution in [2.75, 3.05) is 22.1 Å². The van der Waals surface area contributed by atoms with Crippen LogP contribution in [0.4, 0.5) is 22.7 Å². The zero-order valence-electron chi connectivity index (χ0n) is 16.2. The number of nitrogens with one attached hydrogen (secondary N) is 2. The van der Waals surface area contributed by atoms with E-state index in [1.54, 1.807) is 48.5 Å². The predicted molar refractivity (Wildman–Crippen MR) is 114 cm³/mol. The third kappa shape index (κ3) is 7.81. The molecule has 2 aromatic carbocycles. The van der Waals surface area contributed by atoms with Gasteiger partial charge in [-0.3, -0.25) is 9.59 Å². The van der Waals surface area contributed by atoms with Crippen molar-refractivity contribution in [1.82, 2.24) is 0 Å². The molecule has 0 saturated carbocycles. The molecule has 0 aliphatic heterocycles. The number of carbonyl (C=O) groups is 2. The van der Waals surface area contributed by atoms with Gasteiger partial charge < -0.3 is 32.3 Å². The standard InChI is InChI=1S/C21H28N4O4/c22-16-8-1-3-10-18(16)24-20(28)12-14(26)6-5-7-15(27)13-21(29)25-19-11-4-2-9-17(19)23/h1-4,8-11,14-15,26-27H,5-7,12-13,22-23H2,(H,24,28)(H,25,29). The molecule has 8 nitrogen and oxygen atoms in total. The molecule has 0 aliphatic rings. The normalized spacial score (nSPS) is 12.8. The van der Waals surface area contributed by atoms with Crippen molar-refractivity contribution in [3.8, 4) is 0 Å². The van der Waals surface area contributed by atoms with Crippen LogP contribution in [0.1, 0.15) is 32.1 Å². The lowest BCUT2D eigenvalue weighted by molar-refractivity contribution is -0.118. The van der Waals surface area contributed by atoms with Gasteiger partial charge in [0.15, 0.2) is 0 Å². The molecular weight excluding hydrogens is 372 g/mol. The number of anilines is 4. The molecule has 2 atom stereocenters.